The number of phenols is 2. The Hall–Kier alpha value is -6.37. The van der Waals surface area contributed by atoms with Crippen molar-refractivity contribution in [2.75, 3.05) is 56.0 Å². The molecule has 3 aromatic rings. The number of rotatable bonds is 6. The fourth-order valence-electron chi connectivity index (χ4n) is 10.1. The second kappa shape index (κ2) is 21.2. The molecule has 2 unspecified atom stereocenters. The molecule has 2 fully saturated rings. The highest BCUT2D eigenvalue weighted by Crippen LogP contribution is 2.50. The van der Waals surface area contributed by atoms with E-state index in [0.717, 1.165) is 12.4 Å². The number of pyridine rings is 1. The van der Waals surface area contributed by atoms with Gasteiger partial charge in [0.2, 0.25) is 5.91 Å². The number of amides is 2. The van der Waals surface area contributed by atoms with Crippen LogP contribution in [0.3, 0.4) is 0 Å². The molecule has 18 heteroatoms. The fourth-order valence-corrected chi connectivity index (χ4v) is 10.1. The van der Waals surface area contributed by atoms with Crippen molar-refractivity contribution in [3.05, 3.63) is 82.4 Å². The lowest BCUT2D eigenvalue weighted by Crippen LogP contribution is -2.43. The number of hydrogen-bond acceptors (Lipinski definition) is 16. The Morgan fingerprint density at radius 2 is 1.73 bits per heavy atom. The van der Waals surface area contributed by atoms with Gasteiger partial charge in [-0.3, -0.25) is 29.2 Å². The molecule has 0 radical (unpaired) electrons. The van der Waals surface area contributed by atoms with Crippen molar-refractivity contribution >= 4 is 45.8 Å². The molecule has 0 aliphatic carbocycles. The van der Waals surface area contributed by atoms with Gasteiger partial charge in [-0.1, -0.05) is 45.1 Å². The summed E-state index contributed by atoms with van der Waals surface area (Å²) in [6.45, 7) is 15.1. The van der Waals surface area contributed by atoms with Gasteiger partial charge in [-0.25, -0.2) is 4.98 Å². The second-order valence-electron chi connectivity index (χ2n) is 20.1. The molecule has 1 aromatic heterocycles. The minimum atomic E-state index is -1.93. The molecule has 380 valence electrons. The van der Waals surface area contributed by atoms with Gasteiger partial charge in [0, 0.05) is 101 Å². The van der Waals surface area contributed by atoms with Crippen LogP contribution in [0.15, 0.2) is 70.5 Å². The number of esters is 1. The van der Waals surface area contributed by atoms with Gasteiger partial charge in [0.15, 0.2) is 11.4 Å². The minimum absolute atomic E-state index is 0.0389. The number of benzene rings is 2. The van der Waals surface area contributed by atoms with E-state index >= 15 is 0 Å². The molecule has 18 nitrogen and oxygen atoms in total. The lowest BCUT2D eigenvalue weighted by molar-refractivity contribution is -0.154. The number of ether oxygens (including phenoxy) is 3. The van der Waals surface area contributed by atoms with Crippen LogP contribution in [0.25, 0.3) is 10.8 Å². The number of nitrogens with one attached hydrogen (secondary N) is 1. The first-order valence-corrected chi connectivity index (χ1v) is 24.9. The minimum Gasteiger partial charge on any atom is -0.507 e. The van der Waals surface area contributed by atoms with E-state index in [4.69, 9.17) is 24.2 Å². The molecule has 5 atom stereocenters. The summed E-state index contributed by atoms with van der Waals surface area (Å²) in [5.41, 5.74) is -0.591. The van der Waals surface area contributed by atoms with Crippen LogP contribution in [0.2, 0.25) is 0 Å². The lowest BCUT2D eigenvalue weighted by Gasteiger charge is -2.36. The average Bonchev–Trinajstić information content (AvgIpc) is 3.69. The van der Waals surface area contributed by atoms with E-state index in [0.29, 0.717) is 64.4 Å². The topological polar surface area (TPSA) is 236 Å². The zero-order valence-electron chi connectivity index (χ0n) is 41.5. The van der Waals surface area contributed by atoms with Crippen molar-refractivity contribution in [2.24, 2.45) is 21.8 Å². The molecular weight excluding hydrogens is 911 g/mol. The molecule has 2 aromatic carbocycles. The van der Waals surface area contributed by atoms with Crippen LogP contribution < -0.4 is 25.7 Å². The number of aliphatic hydroxyl groups excluding tert-OH is 2. The lowest BCUT2D eigenvalue weighted by atomic mass is 9.93. The van der Waals surface area contributed by atoms with Crippen LogP contribution >= 0.6 is 0 Å². The maximum absolute atomic E-state index is 14.7. The predicted octanol–water partition coefficient (Wildman–Crippen LogP) is 4.89. The van der Waals surface area contributed by atoms with E-state index in [1.807, 2.05) is 18.2 Å². The third-order valence-corrected chi connectivity index (χ3v) is 14.2. The molecule has 0 saturated carbocycles. The van der Waals surface area contributed by atoms with Crippen LogP contribution in [-0.4, -0.2) is 134 Å². The first kappa shape index (κ1) is 51.0. The Balaban J connectivity index is 1.08. The van der Waals surface area contributed by atoms with Crippen molar-refractivity contribution in [1.29, 1.82) is 0 Å². The van der Waals surface area contributed by atoms with E-state index in [9.17, 15) is 39.6 Å². The summed E-state index contributed by atoms with van der Waals surface area (Å²) in [4.78, 5) is 76.4. The van der Waals surface area contributed by atoms with Gasteiger partial charge < -0.3 is 54.7 Å². The summed E-state index contributed by atoms with van der Waals surface area (Å²) in [5.74, 6) is -4.26. The van der Waals surface area contributed by atoms with Crippen molar-refractivity contribution in [2.45, 2.75) is 123 Å². The molecule has 9 rings (SSSR count). The van der Waals surface area contributed by atoms with Crippen molar-refractivity contribution in [3.8, 4) is 17.2 Å². The van der Waals surface area contributed by atoms with Crippen LogP contribution in [-0.2, 0) is 23.9 Å². The number of likely N-dealkylation sites (tertiary alicyclic amines) is 1. The number of ketones is 1. The number of carbonyl (C=O) groups is 4. The largest absolute Gasteiger partial charge is 0.507 e. The quantitative estimate of drug-likeness (QED) is 0.126. The van der Waals surface area contributed by atoms with Gasteiger partial charge in [-0.05, 0) is 63.7 Å². The Morgan fingerprint density at radius 1 is 0.972 bits per heavy atom. The van der Waals surface area contributed by atoms with E-state index in [1.165, 1.54) is 13.2 Å². The SMILES string of the molecule is C/C1=C/C=C/C(C)[C@H](O)CC(O)C[C@H](OC(=O)CC(=O)N2CCCN(c3ccccn3)CC2)CC/C=C/O[C@@]2(C)Oc3c(C)c(O)c4c(O)c(c5c(c4c3C2=O)=NC2(CCN(CC(C)C)CC2)N=5)NC1=O. The predicted molar refractivity (Wildman–Crippen MR) is 264 cm³/mol. The third-order valence-electron chi connectivity index (χ3n) is 14.2. The van der Waals surface area contributed by atoms with Gasteiger partial charge in [0.05, 0.1) is 34.8 Å². The summed E-state index contributed by atoms with van der Waals surface area (Å²) >= 11 is 0. The van der Waals surface area contributed by atoms with Crippen molar-refractivity contribution in [3.63, 3.8) is 0 Å². The fraction of sp³-hybridized carbons (Fsp3) is 0.528. The number of phenolic OH excluding ortho intramolecular Hbond substituents is 2. The Morgan fingerprint density at radius 3 is 2.46 bits per heavy atom. The van der Waals surface area contributed by atoms with Crippen molar-refractivity contribution < 1.29 is 53.8 Å². The highest BCUT2D eigenvalue weighted by Gasteiger charge is 2.50. The van der Waals surface area contributed by atoms with E-state index in [2.05, 4.69) is 33.9 Å². The van der Waals surface area contributed by atoms with Gasteiger partial charge in [0.25, 0.3) is 11.7 Å². The Kier molecular flexibility index (Phi) is 15.2. The summed E-state index contributed by atoms with van der Waals surface area (Å²) in [6.07, 6.45) is 8.13. The highest BCUT2D eigenvalue weighted by molar-refractivity contribution is 6.19. The number of aliphatic hydroxyl groups is 2. The number of carbonyl (C=O) groups excluding carboxylic acids is 4. The van der Waals surface area contributed by atoms with Gasteiger partial charge >= 0.3 is 11.8 Å². The first-order chi connectivity index (χ1) is 33.9. The summed E-state index contributed by atoms with van der Waals surface area (Å²) in [5, 5.41) is 49.7. The van der Waals surface area contributed by atoms with Crippen LogP contribution in [0.5, 0.6) is 17.2 Å². The average molecular weight is 978 g/mol. The number of aromatic nitrogens is 1. The monoisotopic (exact) mass is 977 g/mol. The summed E-state index contributed by atoms with van der Waals surface area (Å²) < 4.78 is 18.2. The number of Topliss-reactive ketones (excluding diaryl/α,β-unsaturated/α-hetero) is 1. The molecular formula is C53H67N7O11. The second-order valence-corrected chi connectivity index (χ2v) is 20.1. The van der Waals surface area contributed by atoms with Crippen molar-refractivity contribution in [1.82, 2.24) is 14.8 Å². The van der Waals surface area contributed by atoms with E-state index < -0.39 is 65.5 Å². The smallest absolute Gasteiger partial charge is 0.315 e. The summed E-state index contributed by atoms with van der Waals surface area (Å²) in [7, 11) is 0. The number of allylic oxidation sites excluding steroid dienone is 3. The maximum Gasteiger partial charge on any atom is 0.315 e. The number of nitrogens with zero attached hydrogens (tertiary/aromatic N) is 6. The molecule has 2 amide bonds. The molecule has 71 heavy (non-hydrogen) atoms. The van der Waals surface area contributed by atoms with E-state index in [1.54, 1.807) is 56.2 Å². The Bertz CT molecular complexity index is 2770. The molecule has 1 spiro atoms. The molecule has 6 aliphatic heterocycles. The molecule has 6 aliphatic rings. The number of hydrogen-bond donors (Lipinski definition) is 5. The third kappa shape index (κ3) is 10.9. The standard InChI is InChI=1S/C53H67N7O11/c1-31(2)30-58-22-17-53(18-23-58)56-44-41-42-47(65)34(5)49-43(41)50(67)52(6,71-49)69-26-10-8-15-36(70-40(64)29-39(63)60-21-12-20-59(24-25-60)38-16-7-9-19-54-38)27-35(61)28-37(62)32(3)13-11-14-33(4)51(68)55-46(48(42)66)45(44)57-53/h7,9-11,13-14,16,19,26,31-32,35-37,61-62,65-66H,8,12,15,17-18,20-25,27-30H2,1-6H3,(H,55,68)/b13-11+,26-10+,33-14-/t32?,35?,36-,37-,52+/m1/s1. The highest BCUT2D eigenvalue weighted by atomic mass is 16.7. The first-order valence-electron chi connectivity index (χ1n) is 24.9. The number of piperidine rings is 1. The van der Waals surface area contributed by atoms with Crippen LogP contribution in [0.4, 0.5) is 11.5 Å². The summed E-state index contributed by atoms with van der Waals surface area (Å²) in [6, 6.07) is 5.68. The molecule has 5 N–H and O–H groups in total. The zero-order chi connectivity index (χ0) is 50.8. The van der Waals surface area contributed by atoms with Gasteiger partial charge in [0.1, 0.15) is 40.9 Å². The number of anilines is 2. The molecule has 7 heterocycles. The maximum atomic E-state index is 14.7. The number of aromatic hydroxyl groups is 2. The molecule has 2 saturated heterocycles. The number of fused-ring (bicyclic) bond motifs is 13. The van der Waals surface area contributed by atoms with Gasteiger partial charge in [-0.2, -0.15) is 0 Å². The van der Waals surface area contributed by atoms with Crippen LogP contribution in [0.1, 0.15) is 102 Å². The van der Waals surface area contributed by atoms with Crippen LogP contribution in [0, 0.1) is 18.8 Å². The molecule has 5 bridgehead atoms. The normalized spacial score (nSPS) is 26.9. The Labute approximate surface area is 413 Å². The van der Waals surface area contributed by atoms with E-state index in [-0.39, 0.29) is 87.0 Å². The van der Waals surface area contributed by atoms with Gasteiger partial charge in [-0.15, -0.1) is 0 Å². The zero-order valence-corrected chi connectivity index (χ0v) is 41.5.